The first-order valence-corrected chi connectivity index (χ1v) is 13.3. The van der Waals surface area contributed by atoms with Crippen LogP contribution in [0.5, 0.6) is 0 Å². The standard InChI is InChI=1S/C32H36N2O4/c1-19(2)25-7-5-8-26(20(3)4)29(25)34-32(38)33-24-17-15-22(16-18-24)21-11-13-23(14-12-21)30(35)27-9-6-10-28(27)31(36)37/h5,7-8,11-20,27-28H,6,9-10H2,1-4H3,(H,36,37)(H2,33,34,38)/t27-,28-/m1/s1. The molecule has 0 bridgehead atoms. The number of hydrogen-bond donors (Lipinski definition) is 3. The van der Waals surface area contributed by atoms with Crippen LogP contribution in [0.2, 0.25) is 0 Å². The van der Waals surface area contributed by atoms with E-state index in [4.69, 9.17) is 0 Å². The summed E-state index contributed by atoms with van der Waals surface area (Å²) in [5.41, 5.74) is 6.19. The molecule has 1 saturated carbocycles. The summed E-state index contributed by atoms with van der Waals surface area (Å²) in [5, 5.41) is 15.4. The number of Topliss-reactive ketones (excluding diaryl/α,β-unsaturated/α-hetero) is 1. The average molecular weight is 513 g/mol. The fourth-order valence-electron chi connectivity index (χ4n) is 5.33. The van der Waals surface area contributed by atoms with E-state index >= 15 is 0 Å². The Hall–Kier alpha value is -3.93. The molecule has 38 heavy (non-hydrogen) atoms. The van der Waals surface area contributed by atoms with E-state index in [-0.39, 0.29) is 23.7 Å². The zero-order chi connectivity index (χ0) is 27.4. The Balaban J connectivity index is 1.43. The van der Waals surface area contributed by atoms with E-state index in [1.807, 2.05) is 42.5 Å². The monoisotopic (exact) mass is 512 g/mol. The summed E-state index contributed by atoms with van der Waals surface area (Å²) in [6.45, 7) is 8.47. The predicted molar refractivity (Wildman–Crippen MR) is 152 cm³/mol. The lowest BCUT2D eigenvalue weighted by atomic mass is 9.88. The summed E-state index contributed by atoms with van der Waals surface area (Å²) in [4.78, 5) is 37.2. The van der Waals surface area contributed by atoms with Gasteiger partial charge in [0.1, 0.15) is 0 Å². The molecule has 2 atom stereocenters. The molecule has 0 aliphatic heterocycles. The second kappa shape index (κ2) is 11.6. The molecule has 0 aromatic heterocycles. The molecule has 3 aromatic rings. The van der Waals surface area contributed by atoms with Crippen molar-refractivity contribution in [2.75, 3.05) is 10.6 Å². The summed E-state index contributed by atoms with van der Waals surface area (Å²) in [5.74, 6) is -1.45. The Morgan fingerprint density at radius 3 is 1.79 bits per heavy atom. The summed E-state index contributed by atoms with van der Waals surface area (Å²) in [7, 11) is 0. The van der Waals surface area contributed by atoms with Crippen LogP contribution >= 0.6 is 0 Å². The molecule has 0 unspecified atom stereocenters. The first-order chi connectivity index (χ1) is 18.2. The molecular formula is C32H36N2O4. The van der Waals surface area contributed by atoms with E-state index in [1.165, 1.54) is 0 Å². The number of carboxylic acids is 1. The maximum Gasteiger partial charge on any atom is 0.323 e. The van der Waals surface area contributed by atoms with Gasteiger partial charge in [-0.05, 0) is 59.1 Å². The van der Waals surface area contributed by atoms with Gasteiger partial charge in [-0.1, -0.05) is 88.7 Å². The van der Waals surface area contributed by atoms with Gasteiger partial charge in [-0.2, -0.15) is 0 Å². The van der Waals surface area contributed by atoms with Crippen molar-refractivity contribution in [3.8, 4) is 11.1 Å². The van der Waals surface area contributed by atoms with E-state index in [0.717, 1.165) is 34.4 Å². The van der Waals surface area contributed by atoms with Crippen molar-refractivity contribution in [2.24, 2.45) is 11.8 Å². The maximum absolute atomic E-state index is 12.9. The number of hydrogen-bond acceptors (Lipinski definition) is 3. The lowest BCUT2D eigenvalue weighted by Crippen LogP contribution is -2.25. The van der Waals surface area contributed by atoms with Crippen molar-refractivity contribution in [2.45, 2.75) is 58.8 Å². The third-order valence-electron chi connectivity index (χ3n) is 7.43. The Labute approximate surface area is 224 Å². The van der Waals surface area contributed by atoms with Gasteiger partial charge in [0.05, 0.1) is 5.92 Å². The van der Waals surface area contributed by atoms with Crippen LogP contribution in [-0.2, 0) is 4.79 Å². The highest BCUT2D eigenvalue weighted by Crippen LogP contribution is 2.35. The van der Waals surface area contributed by atoms with Crippen LogP contribution in [0.15, 0.2) is 66.7 Å². The SMILES string of the molecule is CC(C)c1cccc(C(C)C)c1NC(=O)Nc1ccc(-c2ccc(C(=O)[C@@H]3CCC[C@H]3C(=O)O)cc2)cc1. The molecule has 1 aliphatic rings. The minimum Gasteiger partial charge on any atom is -0.481 e. The van der Waals surface area contributed by atoms with Crippen LogP contribution in [0.4, 0.5) is 16.2 Å². The van der Waals surface area contributed by atoms with Gasteiger partial charge in [0.2, 0.25) is 0 Å². The molecule has 0 saturated heterocycles. The lowest BCUT2D eigenvalue weighted by Gasteiger charge is -2.20. The van der Waals surface area contributed by atoms with E-state index in [9.17, 15) is 19.5 Å². The number of para-hydroxylation sites is 1. The number of carboxylic acid groups (broad SMARTS) is 1. The molecule has 2 amide bonds. The van der Waals surface area contributed by atoms with Crippen molar-refractivity contribution >= 4 is 29.2 Å². The largest absolute Gasteiger partial charge is 0.481 e. The lowest BCUT2D eigenvalue weighted by molar-refractivity contribution is -0.142. The van der Waals surface area contributed by atoms with Crippen LogP contribution in [-0.4, -0.2) is 22.9 Å². The zero-order valence-electron chi connectivity index (χ0n) is 22.5. The number of aliphatic carboxylic acids is 1. The van der Waals surface area contributed by atoms with Crippen LogP contribution in [0, 0.1) is 11.8 Å². The van der Waals surface area contributed by atoms with Gasteiger partial charge in [-0.15, -0.1) is 0 Å². The average Bonchev–Trinajstić information content (AvgIpc) is 3.39. The van der Waals surface area contributed by atoms with E-state index in [1.54, 1.807) is 12.1 Å². The zero-order valence-corrected chi connectivity index (χ0v) is 22.5. The number of ketones is 1. The molecule has 3 aromatic carbocycles. The molecule has 198 valence electrons. The quantitative estimate of drug-likeness (QED) is 0.267. The first-order valence-electron chi connectivity index (χ1n) is 13.3. The smallest absolute Gasteiger partial charge is 0.323 e. The topological polar surface area (TPSA) is 95.5 Å². The van der Waals surface area contributed by atoms with Gasteiger partial charge in [-0.25, -0.2) is 4.79 Å². The molecule has 1 aliphatic carbocycles. The summed E-state index contributed by atoms with van der Waals surface area (Å²) >= 11 is 0. The minimum atomic E-state index is -0.885. The summed E-state index contributed by atoms with van der Waals surface area (Å²) in [6, 6.07) is 20.7. The third-order valence-corrected chi connectivity index (χ3v) is 7.43. The molecule has 0 heterocycles. The number of nitrogens with one attached hydrogen (secondary N) is 2. The van der Waals surface area contributed by atoms with Crippen LogP contribution in [0.3, 0.4) is 0 Å². The Kier molecular flexibility index (Phi) is 8.30. The normalized spacial score (nSPS) is 17.0. The number of carbonyl (C=O) groups is 3. The summed E-state index contributed by atoms with van der Waals surface area (Å²) in [6.07, 6.45) is 1.96. The van der Waals surface area contributed by atoms with Crippen molar-refractivity contribution in [1.82, 2.24) is 0 Å². The van der Waals surface area contributed by atoms with Crippen molar-refractivity contribution < 1.29 is 19.5 Å². The van der Waals surface area contributed by atoms with Gasteiger partial charge in [-0.3, -0.25) is 9.59 Å². The Morgan fingerprint density at radius 2 is 1.26 bits per heavy atom. The second-order valence-corrected chi connectivity index (χ2v) is 10.7. The molecule has 4 rings (SSSR count). The highest BCUT2D eigenvalue weighted by atomic mass is 16.4. The number of benzene rings is 3. The minimum absolute atomic E-state index is 0.0910. The molecule has 0 spiro atoms. The van der Waals surface area contributed by atoms with Crippen LogP contribution < -0.4 is 10.6 Å². The molecular weight excluding hydrogens is 476 g/mol. The molecule has 6 nitrogen and oxygen atoms in total. The second-order valence-electron chi connectivity index (χ2n) is 10.7. The highest BCUT2D eigenvalue weighted by Gasteiger charge is 2.37. The van der Waals surface area contributed by atoms with Gasteiger partial charge < -0.3 is 15.7 Å². The van der Waals surface area contributed by atoms with Crippen LogP contribution in [0.25, 0.3) is 11.1 Å². The van der Waals surface area contributed by atoms with Gasteiger partial charge in [0.25, 0.3) is 0 Å². The number of carbonyl (C=O) groups excluding carboxylic acids is 2. The van der Waals surface area contributed by atoms with Crippen molar-refractivity contribution in [1.29, 1.82) is 0 Å². The predicted octanol–water partition coefficient (Wildman–Crippen LogP) is 7.93. The van der Waals surface area contributed by atoms with Gasteiger partial charge in [0, 0.05) is 22.9 Å². The number of rotatable bonds is 8. The molecule has 0 radical (unpaired) electrons. The molecule has 3 N–H and O–H groups in total. The molecule has 6 heteroatoms. The van der Waals surface area contributed by atoms with E-state index in [2.05, 4.69) is 50.5 Å². The van der Waals surface area contributed by atoms with E-state index in [0.29, 0.717) is 24.1 Å². The van der Waals surface area contributed by atoms with E-state index < -0.39 is 17.8 Å². The third kappa shape index (κ3) is 5.96. The summed E-state index contributed by atoms with van der Waals surface area (Å²) < 4.78 is 0. The van der Waals surface area contributed by atoms with Gasteiger partial charge >= 0.3 is 12.0 Å². The Morgan fingerprint density at radius 1 is 0.737 bits per heavy atom. The Bertz CT molecular complexity index is 1280. The highest BCUT2D eigenvalue weighted by molar-refractivity contribution is 6.01. The molecule has 1 fully saturated rings. The number of anilines is 2. The number of amides is 2. The fourth-order valence-corrected chi connectivity index (χ4v) is 5.33. The number of urea groups is 1. The van der Waals surface area contributed by atoms with Crippen LogP contribution in [0.1, 0.15) is 80.3 Å². The van der Waals surface area contributed by atoms with Crippen molar-refractivity contribution in [3.05, 3.63) is 83.4 Å². The maximum atomic E-state index is 12.9. The van der Waals surface area contributed by atoms with Gasteiger partial charge in [0.15, 0.2) is 5.78 Å². The van der Waals surface area contributed by atoms with Crippen molar-refractivity contribution in [3.63, 3.8) is 0 Å². The first kappa shape index (κ1) is 27.1. The fraction of sp³-hybridized carbons (Fsp3) is 0.344.